The van der Waals surface area contributed by atoms with Gasteiger partial charge in [-0.1, -0.05) is 30.3 Å². The zero-order valence-corrected chi connectivity index (χ0v) is 21.2. The summed E-state index contributed by atoms with van der Waals surface area (Å²) in [6.45, 7) is 2.26. The summed E-state index contributed by atoms with van der Waals surface area (Å²) in [6.07, 6.45) is 2.07. The Morgan fingerprint density at radius 3 is 2.57 bits per heavy atom. The van der Waals surface area contributed by atoms with Gasteiger partial charge in [-0.2, -0.15) is 5.10 Å². The molecule has 4 atom stereocenters. The molecule has 0 saturated carbocycles. The number of fused-ring (bicyclic) bond motifs is 3. The summed E-state index contributed by atoms with van der Waals surface area (Å²) in [4.78, 5) is 2.52. The van der Waals surface area contributed by atoms with Crippen LogP contribution in [0.3, 0.4) is 0 Å². The van der Waals surface area contributed by atoms with E-state index in [1.165, 1.54) is 26.0 Å². The van der Waals surface area contributed by atoms with Crippen LogP contribution in [0.5, 0.6) is 11.5 Å². The number of nitrogens with zero attached hydrogens (tertiary/aromatic N) is 3. The number of rotatable bonds is 8. The van der Waals surface area contributed by atoms with Gasteiger partial charge >= 0.3 is 0 Å². The fourth-order valence-electron chi connectivity index (χ4n) is 5.54. The van der Waals surface area contributed by atoms with Gasteiger partial charge in [0.1, 0.15) is 16.4 Å². The third-order valence-corrected chi connectivity index (χ3v) is 8.86. The van der Waals surface area contributed by atoms with Gasteiger partial charge in [-0.15, -0.1) is 0 Å². The minimum atomic E-state index is -3.75. The Labute approximate surface area is 206 Å². The lowest BCUT2D eigenvalue weighted by Gasteiger charge is -2.49. The summed E-state index contributed by atoms with van der Waals surface area (Å²) in [5, 5.41) is 4.78. The highest BCUT2D eigenvalue weighted by molar-refractivity contribution is 7.89. The van der Waals surface area contributed by atoms with Gasteiger partial charge < -0.3 is 9.47 Å². The van der Waals surface area contributed by atoms with Crippen molar-refractivity contribution in [2.24, 2.45) is 13.0 Å². The highest BCUT2D eigenvalue weighted by Gasteiger charge is 2.42. The van der Waals surface area contributed by atoms with Gasteiger partial charge in [0.25, 0.3) is 0 Å². The summed E-state index contributed by atoms with van der Waals surface area (Å²) < 4.78 is 41.6. The molecule has 3 saturated heterocycles. The Bertz CT molecular complexity index is 1290. The topological polar surface area (TPSA) is 85.7 Å². The van der Waals surface area contributed by atoms with Crippen LogP contribution in [0.1, 0.15) is 24.5 Å². The number of aryl methyl sites for hydroxylation is 1. The van der Waals surface area contributed by atoms with Gasteiger partial charge in [-0.05, 0) is 43.5 Å². The minimum Gasteiger partial charge on any atom is -0.497 e. The molecule has 0 aliphatic carbocycles. The summed E-state index contributed by atoms with van der Waals surface area (Å²) >= 11 is 0. The number of aromatic nitrogens is 2. The molecule has 2 bridgehead atoms. The average molecular weight is 497 g/mol. The molecule has 9 heteroatoms. The third-order valence-electron chi connectivity index (χ3n) is 7.41. The molecule has 1 unspecified atom stereocenters. The Hall–Kier alpha value is -2.88. The maximum atomic E-state index is 13.1. The van der Waals surface area contributed by atoms with Gasteiger partial charge in [-0.3, -0.25) is 9.58 Å². The molecule has 0 amide bonds. The van der Waals surface area contributed by atoms with Crippen molar-refractivity contribution in [2.75, 3.05) is 33.9 Å². The van der Waals surface area contributed by atoms with Gasteiger partial charge in [0.2, 0.25) is 10.0 Å². The molecule has 1 aromatic heterocycles. The fourth-order valence-corrected chi connectivity index (χ4v) is 6.80. The molecule has 2 aromatic carbocycles. The maximum absolute atomic E-state index is 13.1. The van der Waals surface area contributed by atoms with Crippen LogP contribution in [-0.4, -0.2) is 63.0 Å². The van der Waals surface area contributed by atoms with Gasteiger partial charge in [0.05, 0.1) is 19.9 Å². The lowest BCUT2D eigenvalue weighted by atomic mass is 9.74. The lowest BCUT2D eigenvalue weighted by molar-refractivity contribution is 0.0306. The SMILES string of the molecule is COc1ccc(OC)c(S(=O)(=O)NC[C@H]2C[C@@H]3CCN2C[C@@H]3c2cc(-c3ccccc3)nn2C)c1. The van der Waals surface area contributed by atoms with Crippen LogP contribution in [0.15, 0.2) is 59.5 Å². The Balaban J connectivity index is 1.29. The zero-order valence-electron chi connectivity index (χ0n) is 20.3. The Morgan fingerprint density at radius 2 is 1.89 bits per heavy atom. The molecule has 3 fully saturated rings. The summed E-state index contributed by atoms with van der Waals surface area (Å²) in [7, 11) is 1.25. The van der Waals surface area contributed by atoms with Crippen molar-refractivity contribution in [1.29, 1.82) is 0 Å². The van der Waals surface area contributed by atoms with E-state index in [4.69, 9.17) is 14.6 Å². The molecule has 1 N–H and O–H groups in total. The molecule has 3 aliphatic heterocycles. The van der Waals surface area contributed by atoms with E-state index >= 15 is 0 Å². The monoisotopic (exact) mass is 496 g/mol. The fraction of sp³-hybridized carbons (Fsp3) is 0.423. The van der Waals surface area contributed by atoms with Crippen molar-refractivity contribution in [3.05, 3.63) is 60.3 Å². The molecule has 186 valence electrons. The smallest absolute Gasteiger partial charge is 0.244 e. The van der Waals surface area contributed by atoms with Crippen molar-refractivity contribution in [3.8, 4) is 22.8 Å². The standard InChI is InChI=1S/C26H32N4O4S/c1-29-24(15-23(28-29)18-7-5-4-6-8-18)22-17-30-12-11-19(22)13-20(30)16-27-35(31,32)26-14-21(33-2)9-10-25(26)34-3/h4-10,14-15,19-20,22,27H,11-13,16-17H2,1-3H3/t19-,20+,22-/m0/s1. The zero-order chi connectivity index (χ0) is 24.6. The first kappa shape index (κ1) is 23.8. The average Bonchev–Trinajstić information content (AvgIpc) is 3.29. The first-order valence-electron chi connectivity index (χ1n) is 11.9. The second-order valence-corrected chi connectivity index (χ2v) is 11.1. The quantitative estimate of drug-likeness (QED) is 0.515. The van der Waals surface area contributed by atoms with Crippen LogP contribution in [0.4, 0.5) is 0 Å². The van der Waals surface area contributed by atoms with Crippen molar-refractivity contribution in [3.63, 3.8) is 0 Å². The predicted molar refractivity (Wildman–Crippen MR) is 134 cm³/mol. The number of nitrogens with one attached hydrogen (secondary N) is 1. The van der Waals surface area contributed by atoms with Crippen LogP contribution in [0, 0.1) is 5.92 Å². The molecular weight excluding hydrogens is 464 g/mol. The largest absolute Gasteiger partial charge is 0.497 e. The van der Waals surface area contributed by atoms with Crippen molar-refractivity contribution in [2.45, 2.75) is 29.7 Å². The van der Waals surface area contributed by atoms with E-state index in [0.29, 0.717) is 29.9 Å². The summed E-state index contributed by atoms with van der Waals surface area (Å²) in [5.74, 6) is 1.67. The van der Waals surface area contributed by atoms with E-state index in [1.54, 1.807) is 12.1 Å². The second kappa shape index (κ2) is 9.64. The lowest BCUT2D eigenvalue weighted by Crippen LogP contribution is -2.56. The normalized spacial score (nSPS) is 23.9. The molecule has 0 spiro atoms. The highest BCUT2D eigenvalue weighted by atomic mass is 32.2. The highest BCUT2D eigenvalue weighted by Crippen LogP contribution is 2.42. The molecule has 3 aliphatic rings. The number of piperidine rings is 3. The van der Waals surface area contributed by atoms with Gasteiger partial charge in [0.15, 0.2) is 0 Å². The van der Waals surface area contributed by atoms with Crippen LogP contribution in [0.25, 0.3) is 11.3 Å². The molecular formula is C26H32N4O4S. The molecule has 35 heavy (non-hydrogen) atoms. The first-order valence-corrected chi connectivity index (χ1v) is 13.4. The van der Waals surface area contributed by atoms with Gasteiger partial charge in [-0.25, -0.2) is 13.1 Å². The van der Waals surface area contributed by atoms with Crippen molar-refractivity contribution in [1.82, 2.24) is 19.4 Å². The van der Waals surface area contributed by atoms with E-state index < -0.39 is 10.0 Å². The molecule has 6 rings (SSSR count). The van der Waals surface area contributed by atoms with Crippen molar-refractivity contribution >= 4 is 10.0 Å². The number of ether oxygens (including phenoxy) is 2. The molecule has 0 radical (unpaired) electrons. The van der Waals surface area contributed by atoms with Crippen LogP contribution in [0.2, 0.25) is 0 Å². The van der Waals surface area contributed by atoms with E-state index in [0.717, 1.165) is 37.2 Å². The molecule has 4 heterocycles. The van der Waals surface area contributed by atoms with E-state index in [-0.39, 0.29) is 10.9 Å². The Morgan fingerprint density at radius 1 is 1.09 bits per heavy atom. The number of hydrogen-bond acceptors (Lipinski definition) is 6. The number of sulfonamides is 1. The van der Waals surface area contributed by atoms with Gasteiger partial charge in [0, 0.05) is 49.4 Å². The van der Waals surface area contributed by atoms with Crippen LogP contribution in [-0.2, 0) is 17.1 Å². The maximum Gasteiger partial charge on any atom is 0.244 e. The summed E-state index contributed by atoms with van der Waals surface area (Å²) in [6, 6.07) is 17.4. The third kappa shape index (κ3) is 4.68. The minimum absolute atomic E-state index is 0.0940. The molecule has 8 nitrogen and oxygen atoms in total. The van der Waals surface area contributed by atoms with Crippen molar-refractivity contribution < 1.29 is 17.9 Å². The van der Waals surface area contributed by atoms with E-state index in [1.807, 2.05) is 29.9 Å². The predicted octanol–water partition coefficient (Wildman–Crippen LogP) is 3.26. The summed E-state index contributed by atoms with van der Waals surface area (Å²) in [5.41, 5.74) is 3.37. The van der Waals surface area contributed by atoms with E-state index in [9.17, 15) is 8.42 Å². The number of methoxy groups -OCH3 is 2. The van der Waals surface area contributed by atoms with Crippen LogP contribution >= 0.6 is 0 Å². The Kier molecular flexibility index (Phi) is 6.57. The number of benzene rings is 2. The molecule has 3 aromatic rings. The second-order valence-electron chi connectivity index (χ2n) is 9.35. The van der Waals surface area contributed by atoms with Crippen LogP contribution < -0.4 is 14.2 Å². The number of hydrogen-bond donors (Lipinski definition) is 1. The first-order chi connectivity index (χ1) is 16.9. The van der Waals surface area contributed by atoms with E-state index in [2.05, 4.69) is 27.8 Å².